The lowest BCUT2D eigenvalue weighted by molar-refractivity contribution is -0.147. The van der Waals surface area contributed by atoms with E-state index in [0.717, 1.165) is 25.8 Å². The van der Waals surface area contributed by atoms with Crippen molar-refractivity contribution >= 4 is 5.97 Å². The minimum atomic E-state index is -0.0529. The number of esters is 1. The first-order valence-corrected chi connectivity index (χ1v) is 5.46. The van der Waals surface area contributed by atoms with Gasteiger partial charge in [0, 0.05) is 6.04 Å². The first kappa shape index (κ1) is 11.5. The Kier molecular flexibility index (Phi) is 4.39. The minimum Gasteiger partial charge on any atom is -0.469 e. The summed E-state index contributed by atoms with van der Waals surface area (Å²) in [6.45, 7) is 5.40. The van der Waals surface area contributed by atoms with Crippen molar-refractivity contribution < 1.29 is 9.53 Å². The van der Waals surface area contributed by atoms with Crippen molar-refractivity contribution in [2.45, 2.75) is 39.2 Å². The van der Waals surface area contributed by atoms with Gasteiger partial charge >= 0.3 is 5.97 Å². The number of ether oxygens (including phenoxy) is 1. The molecule has 0 aromatic heterocycles. The molecule has 82 valence electrons. The van der Waals surface area contributed by atoms with E-state index in [1.54, 1.807) is 0 Å². The second-order valence-electron chi connectivity index (χ2n) is 4.46. The molecule has 0 amide bonds. The number of piperidine rings is 1. The van der Waals surface area contributed by atoms with Crippen molar-refractivity contribution in [2.75, 3.05) is 13.7 Å². The van der Waals surface area contributed by atoms with E-state index in [1.165, 1.54) is 7.11 Å². The van der Waals surface area contributed by atoms with Crippen LogP contribution in [-0.2, 0) is 9.53 Å². The molecule has 0 aromatic carbocycles. The van der Waals surface area contributed by atoms with Crippen molar-refractivity contribution in [1.29, 1.82) is 0 Å². The van der Waals surface area contributed by atoms with Gasteiger partial charge in [-0.15, -0.1) is 0 Å². The lowest BCUT2D eigenvalue weighted by atomic mass is 9.86. The van der Waals surface area contributed by atoms with Crippen LogP contribution >= 0.6 is 0 Å². The van der Waals surface area contributed by atoms with E-state index >= 15 is 0 Å². The summed E-state index contributed by atoms with van der Waals surface area (Å²) in [5, 5.41) is 3.41. The zero-order valence-electron chi connectivity index (χ0n) is 9.38. The van der Waals surface area contributed by atoms with Crippen LogP contribution in [0.3, 0.4) is 0 Å². The Morgan fingerprint density at radius 1 is 1.57 bits per heavy atom. The molecule has 0 spiro atoms. The molecule has 1 N–H and O–H groups in total. The Balaban J connectivity index is 2.54. The van der Waals surface area contributed by atoms with Gasteiger partial charge in [-0.25, -0.2) is 0 Å². The third-order valence-corrected chi connectivity index (χ3v) is 2.81. The molecule has 1 fully saturated rings. The summed E-state index contributed by atoms with van der Waals surface area (Å²) in [6.07, 6.45) is 3.10. The number of hydrogen-bond donors (Lipinski definition) is 1. The molecule has 2 atom stereocenters. The Labute approximate surface area is 86.2 Å². The highest BCUT2D eigenvalue weighted by Gasteiger charge is 2.31. The quantitative estimate of drug-likeness (QED) is 0.701. The molecule has 0 bridgehead atoms. The molecule has 0 saturated carbocycles. The normalized spacial score (nSPS) is 27.7. The first-order chi connectivity index (χ1) is 6.65. The molecule has 0 radical (unpaired) electrons. The highest BCUT2D eigenvalue weighted by molar-refractivity contribution is 5.73. The number of carbonyl (C=O) groups is 1. The average Bonchev–Trinajstić information content (AvgIpc) is 2.16. The molecule has 2 unspecified atom stereocenters. The number of nitrogens with one attached hydrogen (secondary N) is 1. The highest BCUT2D eigenvalue weighted by atomic mass is 16.5. The number of rotatable bonds is 3. The lowest BCUT2D eigenvalue weighted by Crippen LogP contribution is -2.45. The van der Waals surface area contributed by atoms with Gasteiger partial charge in [0.05, 0.1) is 13.0 Å². The highest BCUT2D eigenvalue weighted by Crippen LogP contribution is 2.22. The third kappa shape index (κ3) is 2.98. The van der Waals surface area contributed by atoms with Crippen LogP contribution in [0.25, 0.3) is 0 Å². The fourth-order valence-corrected chi connectivity index (χ4v) is 2.14. The Bertz CT molecular complexity index is 192. The van der Waals surface area contributed by atoms with E-state index in [-0.39, 0.29) is 11.9 Å². The van der Waals surface area contributed by atoms with Crippen LogP contribution in [0, 0.1) is 11.8 Å². The molecule has 1 saturated heterocycles. The van der Waals surface area contributed by atoms with Gasteiger partial charge in [-0.2, -0.15) is 0 Å². The van der Waals surface area contributed by atoms with E-state index < -0.39 is 0 Å². The molecule has 1 rings (SSSR count). The van der Waals surface area contributed by atoms with Gasteiger partial charge in [-0.05, 0) is 31.7 Å². The largest absolute Gasteiger partial charge is 0.469 e. The summed E-state index contributed by atoms with van der Waals surface area (Å²) in [4.78, 5) is 11.5. The van der Waals surface area contributed by atoms with Gasteiger partial charge in [0.1, 0.15) is 0 Å². The maximum atomic E-state index is 11.5. The summed E-state index contributed by atoms with van der Waals surface area (Å²) in [5.74, 6) is 0.636. The van der Waals surface area contributed by atoms with Crippen molar-refractivity contribution in [1.82, 2.24) is 5.32 Å². The fraction of sp³-hybridized carbons (Fsp3) is 0.909. The molecule has 1 heterocycles. The van der Waals surface area contributed by atoms with Crippen LogP contribution in [0.15, 0.2) is 0 Å². The molecular weight excluding hydrogens is 178 g/mol. The summed E-state index contributed by atoms with van der Waals surface area (Å²) >= 11 is 0. The van der Waals surface area contributed by atoms with E-state index in [0.29, 0.717) is 12.0 Å². The zero-order valence-corrected chi connectivity index (χ0v) is 9.38. The number of hydrogen-bond acceptors (Lipinski definition) is 3. The van der Waals surface area contributed by atoms with Crippen molar-refractivity contribution in [3.05, 3.63) is 0 Å². The zero-order chi connectivity index (χ0) is 10.6. The first-order valence-electron chi connectivity index (χ1n) is 5.46. The van der Waals surface area contributed by atoms with Gasteiger partial charge in [-0.1, -0.05) is 13.8 Å². The third-order valence-electron chi connectivity index (χ3n) is 2.81. The number of carbonyl (C=O) groups excluding carboxylic acids is 1. The van der Waals surface area contributed by atoms with Crippen LogP contribution in [0.1, 0.15) is 33.1 Å². The smallest absolute Gasteiger partial charge is 0.310 e. The van der Waals surface area contributed by atoms with Gasteiger partial charge in [0.15, 0.2) is 0 Å². The monoisotopic (exact) mass is 199 g/mol. The molecule has 3 heteroatoms. The lowest BCUT2D eigenvalue weighted by Gasteiger charge is -2.31. The van der Waals surface area contributed by atoms with Crippen molar-refractivity contribution in [2.24, 2.45) is 11.8 Å². The van der Waals surface area contributed by atoms with Crippen LogP contribution in [-0.4, -0.2) is 25.7 Å². The maximum absolute atomic E-state index is 11.5. The summed E-state index contributed by atoms with van der Waals surface area (Å²) in [6, 6.07) is 0.316. The molecule has 14 heavy (non-hydrogen) atoms. The second kappa shape index (κ2) is 5.35. The van der Waals surface area contributed by atoms with Crippen LogP contribution in [0.2, 0.25) is 0 Å². The van der Waals surface area contributed by atoms with E-state index in [9.17, 15) is 4.79 Å². The second-order valence-corrected chi connectivity index (χ2v) is 4.46. The summed E-state index contributed by atoms with van der Waals surface area (Å²) < 4.78 is 4.82. The fourth-order valence-electron chi connectivity index (χ4n) is 2.14. The van der Waals surface area contributed by atoms with Gasteiger partial charge < -0.3 is 10.1 Å². The molecule has 0 aliphatic carbocycles. The number of methoxy groups -OCH3 is 1. The average molecular weight is 199 g/mol. The molecule has 3 nitrogen and oxygen atoms in total. The summed E-state index contributed by atoms with van der Waals surface area (Å²) in [7, 11) is 1.48. The topological polar surface area (TPSA) is 38.3 Å². The van der Waals surface area contributed by atoms with Gasteiger partial charge in [0.25, 0.3) is 0 Å². The van der Waals surface area contributed by atoms with Crippen LogP contribution in [0.4, 0.5) is 0 Å². The molecule has 1 aliphatic rings. The van der Waals surface area contributed by atoms with Gasteiger partial charge in [-0.3, -0.25) is 4.79 Å². The van der Waals surface area contributed by atoms with Crippen molar-refractivity contribution in [3.8, 4) is 0 Å². The molecular formula is C11H21NO2. The Morgan fingerprint density at radius 2 is 2.29 bits per heavy atom. The van der Waals surface area contributed by atoms with Gasteiger partial charge in [0.2, 0.25) is 0 Å². The van der Waals surface area contributed by atoms with E-state index in [1.807, 2.05) is 0 Å². The minimum absolute atomic E-state index is 0.0529. The van der Waals surface area contributed by atoms with Crippen molar-refractivity contribution in [3.63, 3.8) is 0 Å². The summed E-state index contributed by atoms with van der Waals surface area (Å²) in [5.41, 5.74) is 0. The maximum Gasteiger partial charge on any atom is 0.310 e. The molecule has 0 aromatic rings. The predicted molar refractivity (Wildman–Crippen MR) is 56.0 cm³/mol. The van der Waals surface area contributed by atoms with E-state index in [2.05, 4.69) is 19.2 Å². The standard InChI is InChI=1S/C11H21NO2/c1-8(2)7-10-9(11(13)14-3)5-4-6-12-10/h8-10,12H,4-7H2,1-3H3. The molecule has 1 aliphatic heterocycles. The van der Waals surface area contributed by atoms with E-state index in [4.69, 9.17) is 4.74 Å². The predicted octanol–water partition coefficient (Wildman–Crippen LogP) is 1.57. The van der Waals surface area contributed by atoms with Crippen LogP contribution < -0.4 is 5.32 Å². The Morgan fingerprint density at radius 3 is 2.86 bits per heavy atom. The Hall–Kier alpha value is -0.570. The van der Waals surface area contributed by atoms with Crippen LogP contribution in [0.5, 0.6) is 0 Å². The SMILES string of the molecule is COC(=O)C1CCCNC1CC(C)C.